The molecule has 0 spiro atoms. The number of likely N-dealkylation sites (tertiary alicyclic amines) is 1. The lowest BCUT2D eigenvalue weighted by atomic mass is 9.74. The van der Waals surface area contributed by atoms with Gasteiger partial charge in [-0.15, -0.1) is 0 Å². The Morgan fingerprint density at radius 1 is 1.31 bits per heavy atom. The summed E-state index contributed by atoms with van der Waals surface area (Å²) in [5, 5.41) is 0. The molecule has 16 heavy (non-hydrogen) atoms. The zero-order chi connectivity index (χ0) is 11.6. The second-order valence-corrected chi connectivity index (χ2v) is 5.01. The van der Waals surface area contributed by atoms with E-state index in [-0.39, 0.29) is 11.2 Å². The van der Waals surface area contributed by atoms with E-state index < -0.39 is 0 Å². The second-order valence-electron chi connectivity index (χ2n) is 5.01. The first-order valence-electron chi connectivity index (χ1n) is 6.12. The molecule has 1 aromatic carbocycles. The van der Waals surface area contributed by atoms with E-state index in [1.807, 2.05) is 6.07 Å². The van der Waals surface area contributed by atoms with Crippen molar-refractivity contribution in [3.63, 3.8) is 0 Å². The molecule has 0 aliphatic carbocycles. The summed E-state index contributed by atoms with van der Waals surface area (Å²) in [5.41, 5.74) is 1.32. The Hall–Kier alpha value is -0.890. The summed E-state index contributed by atoms with van der Waals surface area (Å²) in [7, 11) is 0. The van der Waals surface area contributed by atoms with Gasteiger partial charge in [-0.1, -0.05) is 26.0 Å². The summed E-state index contributed by atoms with van der Waals surface area (Å²) < 4.78 is 13.2. The molecule has 0 aromatic heterocycles. The van der Waals surface area contributed by atoms with Crippen molar-refractivity contribution in [1.82, 2.24) is 4.90 Å². The summed E-state index contributed by atoms with van der Waals surface area (Å²) >= 11 is 0. The lowest BCUT2D eigenvalue weighted by Gasteiger charge is -2.39. The van der Waals surface area contributed by atoms with Gasteiger partial charge in [0.15, 0.2) is 0 Å². The van der Waals surface area contributed by atoms with Crippen LogP contribution in [0.3, 0.4) is 0 Å². The summed E-state index contributed by atoms with van der Waals surface area (Å²) in [4.78, 5) is 2.46. The van der Waals surface area contributed by atoms with E-state index in [1.54, 1.807) is 6.07 Å². The quantitative estimate of drug-likeness (QED) is 0.741. The number of hydrogen-bond acceptors (Lipinski definition) is 1. The first-order chi connectivity index (χ1) is 7.64. The Balaban J connectivity index is 2.15. The maximum atomic E-state index is 13.2. The molecule has 0 bridgehead atoms. The van der Waals surface area contributed by atoms with Crippen molar-refractivity contribution in [1.29, 1.82) is 0 Å². The maximum absolute atomic E-state index is 13.2. The van der Waals surface area contributed by atoms with Gasteiger partial charge >= 0.3 is 0 Å². The molecule has 0 saturated carbocycles. The SMILES string of the molecule is CCN1CCC(C)(c2cccc(F)c2)CC1. The van der Waals surface area contributed by atoms with E-state index in [0.717, 1.165) is 38.0 Å². The molecule has 1 aromatic rings. The Morgan fingerprint density at radius 3 is 2.56 bits per heavy atom. The van der Waals surface area contributed by atoms with E-state index in [1.165, 1.54) is 6.07 Å². The molecule has 1 saturated heterocycles. The molecular weight excluding hydrogens is 201 g/mol. The molecule has 1 heterocycles. The van der Waals surface area contributed by atoms with Gasteiger partial charge in [0.05, 0.1) is 0 Å². The molecular formula is C14H20FN. The predicted molar refractivity (Wildman–Crippen MR) is 65.1 cm³/mol. The van der Waals surface area contributed by atoms with Crippen LogP contribution in [0.5, 0.6) is 0 Å². The molecule has 0 amide bonds. The van der Waals surface area contributed by atoms with Gasteiger partial charge in [0.2, 0.25) is 0 Å². The number of benzene rings is 1. The van der Waals surface area contributed by atoms with Gasteiger partial charge in [0, 0.05) is 0 Å². The normalized spacial score (nSPS) is 20.9. The number of rotatable bonds is 2. The molecule has 1 aliphatic rings. The number of piperidine rings is 1. The lowest BCUT2D eigenvalue weighted by molar-refractivity contribution is 0.175. The first kappa shape index (κ1) is 11.6. The van der Waals surface area contributed by atoms with Gasteiger partial charge in [-0.25, -0.2) is 4.39 Å². The highest BCUT2D eigenvalue weighted by Crippen LogP contribution is 2.34. The minimum Gasteiger partial charge on any atom is -0.304 e. The van der Waals surface area contributed by atoms with Crippen LogP contribution in [0.2, 0.25) is 0 Å². The topological polar surface area (TPSA) is 3.24 Å². The third-order valence-electron chi connectivity index (χ3n) is 3.93. The fraction of sp³-hybridized carbons (Fsp3) is 0.571. The highest BCUT2D eigenvalue weighted by atomic mass is 19.1. The van der Waals surface area contributed by atoms with E-state index in [0.29, 0.717) is 0 Å². The molecule has 2 heteroatoms. The molecule has 1 aliphatic heterocycles. The summed E-state index contributed by atoms with van der Waals surface area (Å²) in [6.07, 6.45) is 2.26. The Morgan fingerprint density at radius 2 is 2.00 bits per heavy atom. The predicted octanol–water partition coefficient (Wildman–Crippen LogP) is 3.20. The van der Waals surface area contributed by atoms with Crippen LogP contribution >= 0.6 is 0 Å². The zero-order valence-electron chi connectivity index (χ0n) is 10.2. The van der Waals surface area contributed by atoms with Crippen LogP contribution in [0.15, 0.2) is 24.3 Å². The highest BCUT2D eigenvalue weighted by Gasteiger charge is 2.31. The van der Waals surface area contributed by atoms with Crippen LogP contribution in [0.25, 0.3) is 0 Å². The van der Waals surface area contributed by atoms with Crippen LogP contribution in [-0.2, 0) is 5.41 Å². The average Bonchev–Trinajstić information content (AvgIpc) is 2.30. The van der Waals surface area contributed by atoms with Gasteiger partial charge in [0.25, 0.3) is 0 Å². The molecule has 0 radical (unpaired) electrons. The molecule has 1 fully saturated rings. The van der Waals surface area contributed by atoms with Crippen LogP contribution in [0, 0.1) is 5.82 Å². The van der Waals surface area contributed by atoms with E-state index in [9.17, 15) is 4.39 Å². The Kier molecular flexibility index (Phi) is 3.29. The van der Waals surface area contributed by atoms with Gasteiger partial charge < -0.3 is 4.90 Å². The fourth-order valence-electron chi connectivity index (χ4n) is 2.52. The van der Waals surface area contributed by atoms with Crippen molar-refractivity contribution >= 4 is 0 Å². The first-order valence-corrected chi connectivity index (χ1v) is 6.12. The fourth-order valence-corrected chi connectivity index (χ4v) is 2.52. The smallest absolute Gasteiger partial charge is 0.123 e. The Bertz CT molecular complexity index is 354. The number of halogens is 1. The van der Waals surface area contributed by atoms with Crippen LogP contribution in [0.1, 0.15) is 32.3 Å². The van der Waals surface area contributed by atoms with E-state index in [4.69, 9.17) is 0 Å². The second kappa shape index (κ2) is 4.54. The molecule has 88 valence electrons. The molecule has 2 rings (SSSR count). The lowest BCUT2D eigenvalue weighted by Crippen LogP contribution is -2.40. The van der Waals surface area contributed by atoms with Crippen molar-refractivity contribution in [2.75, 3.05) is 19.6 Å². The van der Waals surface area contributed by atoms with E-state index in [2.05, 4.69) is 24.8 Å². The van der Waals surface area contributed by atoms with Gasteiger partial charge in [-0.05, 0) is 55.6 Å². The molecule has 0 atom stereocenters. The van der Waals surface area contributed by atoms with Gasteiger partial charge in [-0.3, -0.25) is 0 Å². The third-order valence-corrected chi connectivity index (χ3v) is 3.93. The van der Waals surface area contributed by atoms with Crippen LogP contribution in [0.4, 0.5) is 4.39 Å². The Labute approximate surface area is 97.3 Å². The van der Waals surface area contributed by atoms with Crippen molar-refractivity contribution < 1.29 is 4.39 Å². The maximum Gasteiger partial charge on any atom is 0.123 e. The number of hydrogen-bond donors (Lipinski definition) is 0. The summed E-state index contributed by atoms with van der Waals surface area (Å²) in [5.74, 6) is -0.114. The third kappa shape index (κ3) is 2.27. The van der Waals surface area contributed by atoms with Crippen molar-refractivity contribution in [3.05, 3.63) is 35.6 Å². The molecule has 0 N–H and O–H groups in total. The summed E-state index contributed by atoms with van der Waals surface area (Å²) in [6, 6.07) is 7.10. The molecule has 1 nitrogen and oxygen atoms in total. The van der Waals surface area contributed by atoms with Crippen molar-refractivity contribution in [2.45, 2.75) is 32.1 Å². The highest BCUT2D eigenvalue weighted by molar-refractivity contribution is 5.26. The zero-order valence-corrected chi connectivity index (χ0v) is 10.2. The minimum atomic E-state index is -0.114. The molecule has 0 unspecified atom stereocenters. The summed E-state index contributed by atoms with van der Waals surface area (Å²) in [6.45, 7) is 7.84. The number of nitrogens with zero attached hydrogens (tertiary/aromatic N) is 1. The van der Waals surface area contributed by atoms with Crippen LogP contribution in [-0.4, -0.2) is 24.5 Å². The van der Waals surface area contributed by atoms with Crippen molar-refractivity contribution in [2.24, 2.45) is 0 Å². The average molecular weight is 221 g/mol. The minimum absolute atomic E-state index is 0.114. The van der Waals surface area contributed by atoms with Gasteiger partial charge in [-0.2, -0.15) is 0 Å². The monoisotopic (exact) mass is 221 g/mol. The van der Waals surface area contributed by atoms with Gasteiger partial charge in [0.1, 0.15) is 5.82 Å². The largest absolute Gasteiger partial charge is 0.304 e. The standard InChI is InChI=1S/C14H20FN/c1-3-16-9-7-14(2,8-10-16)12-5-4-6-13(15)11-12/h4-6,11H,3,7-10H2,1-2H3. The van der Waals surface area contributed by atoms with Crippen molar-refractivity contribution in [3.8, 4) is 0 Å². The van der Waals surface area contributed by atoms with E-state index >= 15 is 0 Å². The van der Waals surface area contributed by atoms with Crippen LogP contribution < -0.4 is 0 Å².